The van der Waals surface area contributed by atoms with Crippen LogP contribution in [-0.4, -0.2) is 43.2 Å². The minimum atomic E-state index is -0.497. The van der Waals surface area contributed by atoms with Crippen LogP contribution in [0.4, 0.5) is 10.1 Å². The van der Waals surface area contributed by atoms with E-state index in [4.69, 9.17) is 0 Å². The van der Waals surface area contributed by atoms with E-state index in [0.717, 1.165) is 17.0 Å². The van der Waals surface area contributed by atoms with Gasteiger partial charge in [-0.2, -0.15) is 0 Å². The molecule has 0 aromatic heterocycles. The van der Waals surface area contributed by atoms with Crippen molar-refractivity contribution in [2.24, 2.45) is 0 Å². The first-order chi connectivity index (χ1) is 11.8. The van der Waals surface area contributed by atoms with Crippen LogP contribution in [0.3, 0.4) is 0 Å². The maximum atomic E-state index is 13.2. The molecule has 0 radical (unpaired) electrons. The molecule has 4 nitrogen and oxygen atoms in total. The quantitative estimate of drug-likeness (QED) is 0.748. The van der Waals surface area contributed by atoms with Gasteiger partial charge in [-0.25, -0.2) is 4.39 Å². The lowest BCUT2D eigenvalue weighted by atomic mass is 9.96. The summed E-state index contributed by atoms with van der Waals surface area (Å²) in [4.78, 5) is 12.8. The van der Waals surface area contributed by atoms with Gasteiger partial charge in [0.15, 0.2) is 0 Å². The molecule has 2 N–H and O–H groups in total. The van der Waals surface area contributed by atoms with E-state index >= 15 is 0 Å². The molecule has 1 amide bonds. The highest BCUT2D eigenvalue weighted by Gasteiger charge is 2.14. The van der Waals surface area contributed by atoms with Crippen molar-refractivity contribution >= 4 is 23.5 Å². The molecule has 142 valence electrons. The molecule has 0 aliphatic heterocycles. The smallest absolute Gasteiger partial charge is 0.256 e. The third-order valence-electron chi connectivity index (χ3n) is 3.97. The lowest BCUT2D eigenvalue weighted by molar-refractivity contribution is 0.0823. The summed E-state index contributed by atoms with van der Waals surface area (Å²) in [5, 5.41) is 3.57. The molecule has 6 heteroatoms. The average Bonchev–Trinajstić information content (AvgIpc) is 2.61. The minimum Gasteiger partial charge on any atom is -0.388 e. The van der Waals surface area contributed by atoms with E-state index in [2.05, 4.69) is 23.9 Å². The molecule has 0 saturated heterocycles. The topological polar surface area (TPSA) is 44.4 Å². The van der Waals surface area contributed by atoms with Gasteiger partial charge in [-0.05, 0) is 31.0 Å². The average molecular weight is 370 g/mol. The minimum absolute atomic E-state index is 0.0850. The number of halogens is 1. The van der Waals surface area contributed by atoms with Crippen molar-refractivity contribution in [1.82, 2.24) is 9.62 Å². The molecule has 0 spiro atoms. The second kappa shape index (κ2) is 11.4. The Bertz CT molecular complexity index is 531. The third-order valence-corrected chi connectivity index (χ3v) is 4.91. The summed E-state index contributed by atoms with van der Waals surface area (Å²) >= 11 is 1.89. The Morgan fingerprint density at radius 3 is 2.40 bits per heavy atom. The molecule has 0 atom stereocenters. The zero-order valence-corrected chi connectivity index (χ0v) is 16.9. The number of hydrogen-bond acceptors (Lipinski definition) is 4. The van der Waals surface area contributed by atoms with Crippen molar-refractivity contribution in [2.75, 3.05) is 26.5 Å². The molecule has 1 saturated carbocycles. The summed E-state index contributed by atoms with van der Waals surface area (Å²) < 4.78 is 16.8. The lowest BCUT2D eigenvalue weighted by Gasteiger charge is -2.22. The van der Waals surface area contributed by atoms with E-state index < -0.39 is 5.82 Å². The first kappa shape index (κ1) is 21.8. The van der Waals surface area contributed by atoms with E-state index in [1.165, 1.54) is 49.1 Å². The van der Waals surface area contributed by atoms with Crippen molar-refractivity contribution in [3.63, 3.8) is 0 Å². The molecule has 0 bridgehead atoms. The van der Waals surface area contributed by atoms with Crippen LogP contribution in [0, 0.1) is 5.82 Å². The molecule has 25 heavy (non-hydrogen) atoms. The number of hydrogen-bond donors (Lipinski definition) is 2. The lowest BCUT2D eigenvalue weighted by Crippen LogP contribution is -2.26. The maximum absolute atomic E-state index is 13.2. The number of carbonyl (C=O) groups excluding carboxylic acids is 1. The largest absolute Gasteiger partial charge is 0.388 e. The summed E-state index contributed by atoms with van der Waals surface area (Å²) in [6.07, 6.45) is 7.08. The highest BCUT2D eigenvalue weighted by molar-refractivity contribution is 7.98. The Labute approximate surface area is 156 Å². The fourth-order valence-corrected chi connectivity index (χ4v) is 3.24. The third kappa shape index (κ3) is 8.10. The number of nitrogens with one attached hydrogen (secondary N) is 2. The van der Waals surface area contributed by atoms with Crippen molar-refractivity contribution in [1.29, 1.82) is 0 Å². The van der Waals surface area contributed by atoms with Crippen LogP contribution in [0.5, 0.6) is 0 Å². The van der Waals surface area contributed by atoms with Gasteiger partial charge in [0.2, 0.25) is 0 Å². The molecular formula is C19H32FN3OS. The maximum Gasteiger partial charge on any atom is 0.256 e. The zero-order valence-electron chi connectivity index (χ0n) is 16.1. The fourth-order valence-electron chi connectivity index (χ4n) is 2.54. The van der Waals surface area contributed by atoms with Gasteiger partial charge < -0.3 is 10.2 Å². The molecule has 1 aromatic carbocycles. The van der Waals surface area contributed by atoms with Crippen molar-refractivity contribution in [3.05, 3.63) is 29.6 Å². The monoisotopic (exact) mass is 369 g/mol. The molecule has 1 aliphatic rings. The predicted octanol–water partition coefficient (Wildman–Crippen LogP) is 4.53. The first-order valence-corrected chi connectivity index (χ1v) is 9.83. The van der Waals surface area contributed by atoms with Gasteiger partial charge in [0.1, 0.15) is 5.82 Å². The zero-order chi connectivity index (χ0) is 18.8. The van der Waals surface area contributed by atoms with Crippen molar-refractivity contribution in [3.8, 4) is 0 Å². The van der Waals surface area contributed by atoms with Gasteiger partial charge in [0, 0.05) is 38.1 Å². The second-order valence-electron chi connectivity index (χ2n) is 6.76. The Morgan fingerprint density at radius 1 is 1.24 bits per heavy atom. The number of anilines is 1. The van der Waals surface area contributed by atoms with Crippen LogP contribution >= 0.6 is 11.9 Å². The van der Waals surface area contributed by atoms with E-state index in [-0.39, 0.29) is 11.5 Å². The van der Waals surface area contributed by atoms with E-state index in [1.807, 2.05) is 11.9 Å². The number of nitrogens with zero attached hydrogens (tertiary/aromatic N) is 1. The molecule has 2 rings (SSSR count). The van der Waals surface area contributed by atoms with Crippen LogP contribution < -0.4 is 10.0 Å². The summed E-state index contributed by atoms with van der Waals surface area (Å²) in [6.45, 7) is 4.47. The number of amides is 1. The SMILES string of the molecule is CC(C)SNC1CCCCC1.CNc1ccc(F)c(C(=O)N(C)C)c1. The van der Waals surface area contributed by atoms with Gasteiger partial charge in [-0.1, -0.05) is 45.1 Å². The summed E-state index contributed by atoms with van der Waals surface area (Å²) in [5.41, 5.74) is 0.804. The second-order valence-corrected chi connectivity index (χ2v) is 8.18. The van der Waals surface area contributed by atoms with Gasteiger partial charge in [-0.15, -0.1) is 0 Å². The first-order valence-electron chi connectivity index (χ1n) is 8.95. The predicted molar refractivity (Wildman–Crippen MR) is 107 cm³/mol. The Balaban J connectivity index is 0.000000257. The Hall–Kier alpha value is -1.27. The highest BCUT2D eigenvalue weighted by atomic mass is 32.2. The van der Waals surface area contributed by atoms with E-state index in [9.17, 15) is 9.18 Å². The van der Waals surface area contributed by atoms with Crippen molar-refractivity contribution < 1.29 is 9.18 Å². The Morgan fingerprint density at radius 2 is 1.88 bits per heavy atom. The van der Waals surface area contributed by atoms with E-state index in [0.29, 0.717) is 0 Å². The van der Waals surface area contributed by atoms with Gasteiger partial charge in [0.25, 0.3) is 5.91 Å². The molecule has 1 fully saturated rings. The molecule has 1 aliphatic carbocycles. The number of rotatable bonds is 5. The summed E-state index contributed by atoms with van der Waals surface area (Å²) in [6, 6.07) is 5.17. The molecular weight excluding hydrogens is 337 g/mol. The van der Waals surface area contributed by atoms with Crippen LogP contribution in [0.2, 0.25) is 0 Å². The van der Waals surface area contributed by atoms with Gasteiger partial charge >= 0.3 is 0 Å². The summed E-state index contributed by atoms with van der Waals surface area (Å²) in [5.74, 6) is -0.831. The fraction of sp³-hybridized carbons (Fsp3) is 0.632. The molecule has 0 heterocycles. The molecule has 1 aromatic rings. The van der Waals surface area contributed by atoms with Crippen molar-refractivity contribution in [2.45, 2.75) is 57.2 Å². The van der Waals surface area contributed by atoms with Gasteiger partial charge in [-0.3, -0.25) is 9.52 Å². The summed E-state index contributed by atoms with van der Waals surface area (Å²) in [7, 11) is 4.90. The van der Waals surface area contributed by atoms with Gasteiger partial charge in [0.05, 0.1) is 5.56 Å². The normalized spacial score (nSPS) is 14.7. The van der Waals surface area contributed by atoms with Crippen LogP contribution in [0.15, 0.2) is 18.2 Å². The standard InChI is InChI=1S/C10H13FN2O.C9H19NS/c1-12-7-4-5-9(11)8(6-7)10(14)13(2)3;1-8(2)11-10-9-6-4-3-5-7-9/h4-6,12H,1-3H3;8-10H,3-7H2,1-2H3. The van der Waals surface area contributed by atoms with Crippen LogP contribution in [0.1, 0.15) is 56.3 Å². The van der Waals surface area contributed by atoms with E-state index in [1.54, 1.807) is 27.2 Å². The van der Waals surface area contributed by atoms with Crippen LogP contribution in [-0.2, 0) is 0 Å². The number of benzene rings is 1. The number of carbonyl (C=O) groups is 1. The Kier molecular flexibility index (Phi) is 9.90. The molecule has 0 unspecified atom stereocenters. The van der Waals surface area contributed by atoms with Crippen LogP contribution in [0.25, 0.3) is 0 Å². The highest BCUT2D eigenvalue weighted by Crippen LogP contribution is 2.20.